The summed E-state index contributed by atoms with van der Waals surface area (Å²) in [6, 6.07) is 3.29. The SMILES string of the molecule is CC(Nc1cc(Cl)cc(C(F)(F)F)c1)c1cncs1. The molecule has 1 atom stereocenters. The molecule has 0 fully saturated rings. The first-order valence-electron chi connectivity index (χ1n) is 5.39. The van der Waals surface area contributed by atoms with E-state index >= 15 is 0 Å². The summed E-state index contributed by atoms with van der Waals surface area (Å²) < 4.78 is 38.0. The Balaban J connectivity index is 2.23. The minimum absolute atomic E-state index is 0.0498. The summed E-state index contributed by atoms with van der Waals surface area (Å²) in [6.07, 6.45) is -2.73. The number of hydrogen-bond acceptors (Lipinski definition) is 3. The first-order chi connectivity index (χ1) is 8.86. The van der Waals surface area contributed by atoms with E-state index in [1.165, 1.54) is 17.4 Å². The van der Waals surface area contributed by atoms with E-state index < -0.39 is 11.7 Å². The highest BCUT2D eigenvalue weighted by molar-refractivity contribution is 7.09. The summed E-state index contributed by atoms with van der Waals surface area (Å²) >= 11 is 7.15. The van der Waals surface area contributed by atoms with Crippen LogP contribution in [0.5, 0.6) is 0 Å². The normalized spacial score (nSPS) is 13.3. The van der Waals surface area contributed by atoms with Crippen molar-refractivity contribution in [2.75, 3.05) is 5.32 Å². The molecule has 0 aliphatic heterocycles. The Kier molecular flexibility index (Phi) is 4.01. The van der Waals surface area contributed by atoms with Gasteiger partial charge in [0.05, 0.1) is 17.1 Å². The number of alkyl halides is 3. The van der Waals surface area contributed by atoms with Crippen LogP contribution < -0.4 is 5.32 Å². The van der Waals surface area contributed by atoms with Gasteiger partial charge in [-0.1, -0.05) is 11.6 Å². The van der Waals surface area contributed by atoms with Gasteiger partial charge in [0.25, 0.3) is 0 Å². The molecule has 0 aliphatic carbocycles. The molecule has 0 spiro atoms. The van der Waals surface area contributed by atoms with Crippen molar-refractivity contribution in [2.24, 2.45) is 0 Å². The average molecular weight is 307 g/mol. The molecule has 1 N–H and O–H groups in total. The van der Waals surface area contributed by atoms with Crippen LogP contribution in [0.4, 0.5) is 18.9 Å². The van der Waals surface area contributed by atoms with Crippen molar-refractivity contribution in [3.8, 4) is 0 Å². The summed E-state index contributed by atoms with van der Waals surface area (Å²) in [5, 5.41) is 3.03. The van der Waals surface area contributed by atoms with Crippen molar-refractivity contribution in [1.29, 1.82) is 0 Å². The highest BCUT2D eigenvalue weighted by Gasteiger charge is 2.31. The minimum atomic E-state index is -4.41. The molecule has 0 bridgehead atoms. The lowest BCUT2D eigenvalue weighted by Gasteiger charge is -2.15. The molecule has 0 amide bonds. The molecule has 0 saturated carbocycles. The predicted molar refractivity (Wildman–Crippen MR) is 70.6 cm³/mol. The minimum Gasteiger partial charge on any atom is -0.378 e. The predicted octanol–water partition coefficient (Wildman–Crippen LogP) is 4.99. The van der Waals surface area contributed by atoms with Crippen LogP contribution in [0.25, 0.3) is 0 Å². The molecule has 1 heterocycles. The molecular weight excluding hydrogens is 297 g/mol. The van der Waals surface area contributed by atoms with E-state index in [1.54, 1.807) is 11.7 Å². The van der Waals surface area contributed by atoms with Crippen molar-refractivity contribution >= 4 is 28.6 Å². The molecule has 7 heteroatoms. The Morgan fingerprint density at radius 2 is 2.05 bits per heavy atom. The third-order valence-corrected chi connectivity index (χ3v) is 3.66. The maximum absolute atomic E-state index is 12.7. The van der Waals surface area contributed by atoms with E-state index in [-0.39, 0.29) is 11.1 Å². The standard InChI is InChI=1S/C12H10ClF3N2S/c1-7(11-5-17-6-19-11)18-10-3-8(12(14,15)16)2-9(13)4-10/h2-7,18H,1H3. The van der Waals surface area contributed by atoms with E-state index in [0.717, 1.165) is 17.0 Å². The summed E-state index contributed by atoms with van der Waals surface area (Å²) in [6.45, 7) is 1.85. The van der Waals surface area contributed by atoms with Gasteiger partial charge in [0, 0.05) is 21.8 Å². The zero-order chi connectivity index (χ0) is 14.0. The molecule has 102 valence electrons. The number of hydrogen-bond donors (Lipinski definition) is 1. The van der Waals surface area contributed by atoms with Crippen molar-refractivity contribution in [2.45, 2.75) is 19.1 Å². The van der Waals surface area contributed by atoms with Crippen LogP contribution >= 0.6 is 22.9 Å². The third kappa shape index (κ3) is 3.61. The fourth-order valence-corrected chi connectivity index (χ4v) is 2.46. The van der Waals surface area contributed by atoms with Crippen LogP contribution in [0, 0.1) is 0 Å². The number of aromatic nitrogens is 1. The number of nitrogens with one attached hydrogen (secondary N) is 1. The molecule has 0 aliphatic rings. The zero-order valence-electron chi connectivity index (χ0n) is 9.83. The second kappa shape index (κ2) is 5.38. The number of rotatable bonds is 3. The second-order valence-electron chi connectivity index (χ2n) is 4.00. The quantitative estimate of drug-likeness (QED) is 0.864. The summed E-state index contributed by atoms with van der Waals surface area (Å²) in [5.41, 5.74) is 1.24. The average Bonchev–Trinajstić information content (AvgIpc) is 2.80. The summed E-state index contributed by atoms with van der Waals surface area (Å²) in [4.78, 5) is 4.87. The first kappa shape index (κ1) is 14.1. The highest BCUT2D eigenvalue weighted by Crippen LogP contribution is 2.34. The fraction of sp³-hybridized carbons (Fsp3) is 0.250. The highest BCUT2D eigenvalue weighted by atomic mass is 35.5. The Morgan fingerprint density at radius 1 is 1.32 bits per heavy atom. The Bertz CT molecular complexity index is 555. The van der Waals surface area contributed by atoms with Crippen LogP contribution in [0.2, 0.25) is 5.02 Å². The van der Waals surface area contributed by atoms with Gasteiger partial charge in [-0.2, -0.15) is 13.2 Å². The van der Waals surface area contributed by atoms with Crippen LogP contribution in [0.1, 0.15) is 23.4 Å². The Hall–Kier alpha value is -1.27. The number of nitrogens with zero attached hydrogens (tertiary/aromatic N) is 1. The van der Waals surface area contributed by atoms with E-state index in [9.17, 15) is 13.2 Å². The lowest BCUT2D eigenvalue weighted by molar-refractivity contribution is -0.137. The van der Waals surface area contributed by atoms with E-state index in [2.05, 4.69) is 10.3 Å². The molecule has 0 saturated heterocycles. The molecule has 0 radical (unpaired) electrons. The van der Waals surface area contributed by atoms with E-state index in [4.69, 9.17) is 11.6 Å². The maximum atomic E-state index is 12.7. The van der Waals surface area contributed by atoms with Crippen molar-refractivity contribution in [3.05, 3.63) is 45.4 Å². The van der Waals surface area contributed by atoms with Crippen molar-refractivity contribution < 1.29 is 13.2 Å². The largest absolute Gasteiger partial charge is 0.416 e. The van der Waals surface area contributed by atoms with Crippen LogP contribution in [0.15, 0.2) is 29.9 Å². The lowest BCUT2D eigenvalue weighted by Crippen LogP contribution is -2.08. The molecule has 2 aromatic rings. The number of anilines is 1. The monoisotopic (exact) mass is 306 g/mol. The molecule has 2 rings (SSSR count). The second-order valence-corrected chi connectivity index (χ2v) is 5.35. The van der Waals surface area contributed by atoms with Gasteiger partial charge in [0.15, 0.2) is 0 Å². The molecule has 1 unspecified atom stereocenters. The Morgan fingerprint density at radius 3 is 2.63 bits per heavy atom. The first-order valence-corrected chi connectivity index (χ1v) is 6.65. The fourth-order valence-electron chi connectivity index (χ4n) is 1.60. The Labute approximate surface area is 117 Å². The number of benzene rings is 1. The van der Waals surface area contributed by atoms with Gasteiger partial charge in [0.1, 0.15) is 0 Å². The van der Waals surface area contributed by atoms with Crippen LogP contribution in [0.3, 0.4) is 0 Å². The topological polar surface area (TPSA) is 24.9 Å². The third-order valence-electron chi connectivity index (χ3n) is 2.49. The van der Waals surface area contributed by atoms with Gasteiger partial charge in [0.2, 0.25) is 0 Å². The zero-order valence-corrected chi connectivity index (χ0v) is 11.4. The van der Waals surface area contributed by atoms with Crippen LogP contribution in [-0.4, -0.2) is 4.98 Å². The van der Waals surface area contributed by atoms with Gasteiger partial charge in [-0.25, -0.2) is 0 Å². The summed E-state index contributed by atoms with van der Waals surface area (Å²) in [5.74, 6) is 0. The van der Waals surface area contributed by atoms with Gasteiger partial charge in [-0.3, -0.25) is 4.98 Å². The van der Waals surface area contributed by atoms with Crippen molar-refractivity contribution in [3.63, 3.8) is 0 Å². The lowest BCUT2D eigenvalue weighted by atomic mass is 10.1. The molecular formula is C12H10ClF3N2S. The van der Waals surface area contributed by atoms with E-state index in [1.807, 2.05) is 6.92 Å². The molecule has 2 nitrogen and oxygen atoms in total. The van der Waals surface area contributed by atoms with Gasteiger partial charge in [-0.15, -0.1) is 11.3 Å². The van der Waals surface area contributed by atoms with Crippen molar-refractivity contribution in [1.82, 2.24) is 4.98 Å². The number of halogens is 4. The van der Waals surface area contributed by atoms with Gasteiger partial charge < -0.3 is 5.32 Å². The summed E-state index contributed by atoms with van der Waals surface area (Å²) in [7, 11) is 0. The maximum Gasteiger partial charge on any atom is 0.416 e. The van der Waals surface area contributed by atoms with E-state index in [0.29, 0.717) is 5.69 Å². The molecule has 1 aromatic heterocycles. The molecule has 1 aromatic carbocycles. The van der Waals surface area contributed by atoms with Crippen LogP contribution in [-0.2, 0) is 6.18 Å². The number of thiazole rings is 1. The van der Waals surface area contributed by atoms with Gasteiger partial charge in [-0.05, 0) is 25.1 Å². The molecule has 19 heavy (non-hydrogen) atoms. The van der Waals surface area contributed by atoms with Gasteiger partial charge >= 0.3 is 6.18 Å². The smallest absolute Gasteiger partial charge is 0.378 e.